The van der Waals surface area contributed by atoms with Gasteiger partial charge >= 0.3 is 0 Å². The molecule has 0 aliphatic rings. The lowest BCUT2D eigenvalue weighted by Gasteiger charge is -2.09. The lowest BCUT2D eigenvalue weighted by atomic mass is 9.97. The summed E-state index contributed by atoms with van der Waals surface area (Å²) in [6, 6.07) is 150. The Bertz CT molecular complexity index is 7460. The van der Waals surface area contributed by atoms with Crippen LogP contribution in [0, 0.1) is 0 Å². The molecule has 6 heteroatoms. The highest BCUT2D eigenvalue weighted by Crippen LogP contribution is 2.46. The predicted octanol–water partition coefficient (Wildman–Crippen LogP) is 30.0. The minimum Gasteiger partial charge on any atom is -0.455 e. The van der Waals surface area contributed by atoms with Crippen LogP contribution in [-0.2, 0) is 0 Å². The summed E-state index contributed by atoms with van der Waals surface area (Å²) in [5, 5.41) is 14.9. The molecule has 0 saturated heterocycles. The summed E-state index contributed by atoms with van der Waals surface area (Å²) in [5.74, 6) is 0. The summed E-state index contributed by atoms with van der Waals surface area (Å²) in [5.41, 5.74) is 30.5. The average molecular weight is 1470 g/mol. The van der Waals surface area contributed by atoms with Crippen molar-refractivity contribution in [2.24, 2.45) is 0 Å². The second-order valence-electron chi connectivity index (χ2n) is 29.8. The Morgan fingerprint density at radius 1 is 0.175 bits per heavy atom. The van der Waals surface area contributed by atoms with Crippen molar-refractivity contribution in [2.75, 3.05) is 0 Å². The molecule has 0 unspecified atom stereocenters. The molecule has 24 rings (SSSR count). The third kappa shape index (κ3) is 10.6. The summed E-state index contributed by atoms with van der Waals surface area (Å²) < 4.78 is 18.7. The van der Waals surface area contributed by atoms with Crippen LogP contribution in [0.1, 0.15) is 0 Å². The molecule has 6 heterocycles. The number of hydrogen-bond donors (Lipinski definition) is 0. The third-order valence-electron chi connectivity index (χ3n) is 23.5. The molecule has 0 spiro atoms. The van der Waals surface area contributed by atoms with Crippen LogP contribution in [-0.4, -0.2) is 18.3 Å². The molecule has 0 amide bonds. The van der Waals surface area contributed by atoms with Crippen molar-refractivity contribution in [3.05, 3.63) is 413 Å². The molecular weight excluding hydrogens is 1400 g/mol. The van der Waals surface area contributed by atoms with Gasteiger partial charge in [-0.2, -0.15) is 0 Å². The molecule has 0 aliphatic carbocycles. The summed E-state index contributed by atoms with van der Waals surface area (Å²) >= 11 is 1.89. The van der Waals surface area contributed by atoms with E-state index in [2.05, 4.69) is 419 Å². The minimum absolute atomic E-state index is 0.911. The van der Waals surface area contributed by atoms with E-state index >= 15 is 0 Å². The summed E-state index contributed by atoms with van der Waals surface area (Å²) in [6.07, 6.45) is 0. The molecule has 0 fully saturated rings. The monoisotopic (exact) mass is 1470 g/mol. The van der Waals surface area contributed by atoms with E-state index in [1.807, 2.05) is 23.5 Å². The van der Waals surface area contributed by atoms with Crippen LogP contribution in [0.3, 0.4) is 0 Å². The molecule has 18 aromatic carbocycles. The summed E-state index contributed by atoms with van der Waals surface area (Å²) in [7, 11) is 0. The second kappa shape index (κ2) is 26.5. The van der Waals surface area contributed by atoms with E-state index in [0.717, 1.165) is 44.4 Å². The van der Waals surface area contributed by atoms with E-state index < -0.39 is 0 Å². The molecular formula is C108H68N4OS. The van der Waals surface area contributed by atoms with E-state index in [1.165, 1.54) is 174 Å². The van der Waals surface area contributed by atoms with Crippen molar-refractivity contribution < 1.29 is 4.42 Å². The Morgan fingerprint density at radius 3 is 0.868 bits per heavy atom. The summed E-state index contributed by atoms with van der Waals surface area (Å²) in [4.78, 5) is 0. The molecule has 5 nitrogen and oxygen atoms in total. The van der Waals surface area contributed by atoms with Crippen molar-refractivity contribution in [3.8, 4) is 89.5 Å². The minimum atomic E-state index is 0.911. The van der Waals surface area contributed by atoms with Gasteiger partial charge in [-0.1, -0.05) is 267 Å². The molecule has 114 heavy (non-hydrogen) atoms. The van der Waals surface area contributed by atoms with Gasteiger partial charge in [0.15, 0.2) is 0 Å². The maximum absolute atomic E-state index is 6.48. The zero-order chi connectivity index (χ0) is 74.9. The highest BCUT2D eigenvalue weighted by Gasteiger charge is 2.22. The molecule has 0 bridgehead atoms. The van der Waals surface area contributed by atoms with Crippen LogP contribution < -0.4 is 0 Å². The fourth-order valence-electron chi connectivity index (χ4n) is 18.1. The van der Waals surface area contributed by atoms with Gasteiger partial charge in [-0.05, 0) is 207 Å². The Hall–Kier alpha value is -14.8. The van der Waals surface area contributed by atoms with Crippen molar-refractivity contribution >= 4 is 141 Å². The predicted molar refractivity (Wildman–Crippen MR) is 483 cm³/mol. The normalized spacial score (nSPS) is 11.9. The first-order valence-electron chi connectivity index (χ1n) is 39.0. The molecule has 6 aromatic heterocycles. The lowest BCUT2D eigenvalue weighted by Crippen LogP contribution is -1.93. The molecule has 0 radical (unpaired) electrons. The Labute approximate surface area is 660 Å². The molecule has 24 aromatic rings. The van der Waals surface area contributed by atoms with E-state index in [0.29, 0.717) is 0 Å². The fraction of sp³-hybridized carbons (Fsp3) is 0. The third-order valence-corrected chi connectivity index (χ3v) is 24.7. The summed E-state index contributed by atoms with van der Waals surface area (Å²) in [6.45, 7) is 0. The second-order valence-corrected chi connectivity index (χ2v) is 30.9. The van der Waals surface area contributed by atoms with Crippen LogP contribution >= 0.6 is 11.3 Å². The number of nitrogens with zero attached hydrogens (tertiary/aromatic N) is 4. The van der Waals surface area contributed by atoms with Crippen LogP contribution in [0.4, 0.5) is 0 Å². The smallest absolute Gasteiger partial charge is 0.143 e. The largest absolute Gasteiger partial charge is 0.455 e. The maximum atomic E-state index is 6.48. The first kappa shape index (κ1) is 65.1. The van der Waals surface area contributed by atoms with Gasteiger partial charge in [0.05, 0.1) is 44.1 Å². The van der Waals surface area contributed by atoms with Crippen molar-refractivity contribution in [3.63, 3.8) is 0 Å². The van der Waals surface area contributed by atoms with Gasteiger partial charge < -0.3 is 22.7 Å². The number of furan rings is 1. The van der Waals surface area contributed by atoms with E-state index in [-0.39, 0.29) is 0 Å². The van der Waals surface area contributed by atoms with Gasteiger partial charge in [0.25, 0.3) is 0 Å². The highest BCUT2D eigenvalue weighted by molar-refractivity contribution is 7.26. The number of aromatic nitrogens is 4. The van der Waals surface area contributed by atoms with E-state index in [9.17, 15) is 0 Å². The van der Waals surface area contributed by atoms with Crippen molar-refractivity contribution in [2.45, 2.75) is 0 Å². The molecule has 532 valence electrons. The van der Waals surface area contributed by atoms with Crippen LogP contribution in [0.2, 0.25) is 0 Å². The fourth-order valence-corrected chi connectivity index (χ4v) is 19.4. The number of benzene rings is 18. The van der Waals surface area contributed by atoms with Crippen LogP contribution in [0.5, 0.6) is 0 Å². The van der Waals surface area contributed by atoms with E-state index in [4.69, 9.17) is 4.42 Å². The van der Waals surface area contributed by atoms with Crippen LogP contribution in [0.25, 0.3) is 219 Å². The van der Waals surface area contributed by atoms with E-state index in [1.54, 1.807) is 0 Å². The molecule has 0 N–H and O–H groups in total. The van der Waals surface area contributed by atoms with Crippen molar-refractivity contribution in [1.29, 1.82) is 0 Å². The maximum Gasteiger partial charge on any atom is 0.143 e. The molecule has 0 atom stereocenters. The number of hydrogen-bond acceptors (Lipinski definition) is 2. The van der Waals surface area contributed by atoms with Gasteiger partial charge in [-0.25, -0.2) is 0 Å². The number of thiophene rings is 1. The molecule has 0 saturated carbocycles. The standard InChI is InChI=1S/C54H34N2O.C54H34N2S/c2*1-3-12-40(13-4-1)55-49-20-9-7-16-43(49)46-32-37(26-29-50(46)55)35-22-24-36(25-23-35)38-27-30-51-47(33-38)48-34-39(28-31-52(48)56(51)41-14-5-2-6-15-41)42-18-11-19-45-44-17-8-10-21-53(44)57-54(42)45/h2*1-34H. The van der Waals surface area contributed by atoms with Crippen molar-refractivity contribution in [1.82, 2.24) is 18.3 Å². The average Bonchev–Trinajstić information content (AvgIpc) is 1.59. The topological polar surface area (TPSA) is 32.9 Å². The first-order chi connectivity index (χ1) is 56.5. The molecule has 0 aliphatic heterocycles. The van der Waals surface area contributed by atoms with Gasteiger partial charge in [-0.3, -0.25) is 0 Å². The Balaban J connectivity index is 0.000000135. The number of para-hydroxylation sites is 8. The SMILES string of the molecule is c1ccc(-n2c3ccccc3c3cc(-c4ccc(-c5ccc6c(c5)c5cc(-c7cccc8c7oc7ccccc78)ccc5n6-c5ccccc5)cc4)ccc32)cc1.c1ccc(-n2c3ccccc3c3cc(-c4ccc(-c5ccc6c(c5)c5cc(-c7cccc8c7sc7ccccc78)ccc5n6-c5ccccc5)cc4)ccc32)cc1. The zero-order valence-electron chi connectivity index (χ0n) is 61.9. The zero-order valence-corrected chi connectivity index (χ0v) is 62.7. The lowest BCUT2D eigenvalue weighted by molar-refractivity contribution is 0.670. The number of fused-ring (bicyclic) bond motifs is 18. The van der Waals surface area contributed by atoms with Gasteiger partial charge in [-0.15, -0.1) is 11.3 Å². The van der Waals surface area contributed by atoms with Gasteiger partial charge in [0, 0.05) is 102 Å². The highest BCUT2D eigenvalue weighted by atomic mass is 32.1. The quantitative estimate of drug-likeness (QED) is 0.134. The van der Waals surface area contributed by atoms with Crippen LogP contribution in [0.15, 0.2) is 417 Å². The first-order valence-corrected chi connectivity index (χ1v) is 39.8. The Morgan fingerprint density at radius 2 is 0.456 bits per heavy atom. The van der Waals surface area contributed by atoms with Gasteiger partial charge in [0.2, 0.25) is 0 Å². The number of rotatable bonds is 10. The Kier molecular flexibility index (Phi) is 15.1. The van der Waals surface area contributed by atoms with Gasteiger partial charge in [0.1, 0.15) is 11.2 Å².